The van der Waals surface area contributed by atoms with E-state index in [0.717, 1.165) is 27.1 Å². The number of nitrogens with one attached hydrogen (secondary N) is 2. The second kappa shape index (κ2) is 5.86. The molecule has 3 aliphatic rings. The molecule has 1 amide bonds. The normalized spacial score (nSPS) is 25.8. The van der Waals surface area contributed by atoms with Gasteiger partial charge in [0.1, 0.15) is 5.92 Å². The molecule has 1 atom stereocenters. The second-order valence-corrected chi connectivity index (χ2v) is 7.60. The average Bonchev–Trinajstić information content (AvgIpc) is 3.20. The van der Waals surface area contributed by atoms with Crippen molar-refractivity contribution in [2.45, 2.75) is 12.3 Å². The zero-order valence-electron chi connectivity index (χ0n) is 12.8. The van der Waals surface area contributed by atoms with E-state index < -0.39 is 5.92 Å². The van der Waals surface area contributed by atoms with Crippen LogP contribution in [0.5, 0.6) is 11.5 Å². The Kier molecular flexibility index (Phi) is 3.80. The summed E-state index contributed by atoms with van der Waals surface area (Å²) in [6.07, 6.45) is 0.721. The molecule has 0 radical (unpaired) electrons. The quantitative estimate of drug-likeness (QED) is 0.747. The Morgan fingerprint density at radius 2 is 2.17 bits per heavy atom. The van der Waals surface area contributed by atoms with Crippen LogP contribution in [0.3, 0.4) is 0 Å². The lowest BCUT2D eigenvalue weighted by Crippen LogP contribution is -2.51. The highest BCUT2D eigenvalue weighted by atomic mass is 79.9. The smallest absolute Gasteiger partial charge is 0.242 e. The van der Waals surface area contributed by atoms with E-state index in [0.29, 0.717) is 11.5 Å². The summed E-state index contributed by atoms with van der Waals surface area (Å²) in [5, 5.41) is 13.1. The van der Waals surface area contributed by atoms with Gasteiger partial charge < -0.3 is 14.8 Å². The minimum Gasteiger partial charge on any atom is -0.454 e. The molecule has 6 nitrogen and oxygen atoms in total. The average molecular weight is 408 g/mol. The number of nitrogens with zero attached hydrogens (tertiary/aromatic N) is 1. The predicted octanol–water partition coefficient (Wildman–Crippen LogP) is 3.08. The fourth-order valence-corrected chi connectivity index (χ4v) is 4.51. The van der Waals surface area contributed by atoms with Gasteiger partial charge in [-0.15, -0.1) is 0 Å². The van der Waals surface area contributed by atoms with Gasteiger partial charge in [0.2, 0.25) is 18.7 Å². The Balaban J connectivity index is 1.79. The monoisotopic (exact) mass is 407 g/mol. The maximum atomic E-state index is 12.9. The standard InChI is InChI=1S/C16H14BrN3O3S/c1-20-15(21)13(8-2-3-10-11(4-8)23-7-22-10)14(19-16(20)18)12-5-9(17)6-24-12/h2-4,6,13H,5,7H2,1H3,(H2,18,19)/b14-12+/t13-/m0/s1. The minimum atomic E-state index is -0.493. The highest BCUT2D eigenvalue weighted by Crippen LogP contribution is 2.44. The van der Waals surface area contributed by atoms with E-state index in [2.05, 4.69) is 21.2 Å². The number of allylic oxidation sites excluding steroid dienone is 2. The van der Waals surface area contributed by atoms with Crippen molar-refractivity contribution in [3.8, 4) is 11.5 Å². The van der Waals surface area contributed by atoms with Crippen LogP contribution in [-0.2, 0) is 4.79 Å². The van der Waals surface area contributed by atoms with Crippen LogP contribution < -0.4 is 14.8 Å². The summed E-state index contributed by atoms with van der Waals surface area (Å²) in [5.41, 5.74) is 1.58. The van der Waals surface area contributed by atoms with Crippen molar-refractivity contribution in [1.82, 2.24) is 10.2 Å². The van der Waals surface area contributed by atoms with Gasteiger partial charge in [0.05, 0.1) is 0 Å². The minimum absolute atomic E-state index is 0.0862. The molecule has 2 N–H and O–H groups in total. The van der Waals surface area contributed by atoms with Gasteiger partial charge >= 0.3 is 0 Å². The van der Waals surface area contributed by atoms with E-state index in [-0.39, 0.29) is 18.7 Å². The highest BCUT2D eigenvalue weighted by molar-refractivity contribution is 9.11. The number of carbonyl (C=O) groups is 1. The molecule has 124 valence electrons. The summed E-state index contributed by atoms with van der Waals surface area (Å²) in [5.74, 6) is 0.788. The number of amides is 1. The first kappa shape index (κ1) is 15.6. The van der Waals surface area contributed by atoms with Crippen LogP contribution in [0.15, 0.2) is 38.7 Å². The Morgan fingerprint density at radius 1 is 1.38 bits per heavy atom. The third-order valence-corrected chi connectivity index (χ3v) is 6.01. The number of hydrogen-bond acceptors (Lipinski definition) is 5. The lowest BCUT2D eigenvalue weighted by atomic mass is 9.91. The van der Waals surface area contributed by atoms with Gasteiger partial charge in [0, 0.05) is 28.6 Å². The van der Waals surface area contributed by atoms with Gasteiger partial charge in [0.25, 0.3) is 0 Å². The number of carbonyl (C=O) groups excluding carboxylic acids is 1. The maximum absolute atomic E-state index is 12.9. The van der Waals surface area contributed by atoms with Crippen LogP contribution in [-0.4, -0.2) is 30.6 Å². The molecule has 1 saturated heterocycles. The molecule has 0 spiro atoms. The molecular weight excluding hydrogens is 394 g/mol. The van der Waals surface area contributed by atoms with E-state index in [9.17, 15) is 4.79 Å². The second-order valence-electron chi connectivity index (χ2n) is 5.61. The number of hydrogen-bond donors (Lipinski definition) is 2. The molecule has 1 aromatic rings. The summed E-state index contributed by atoms with van der Waals surface area (Å²) >= 11 is 5.07. The number of halogens is 1. The molecule has 0 bridgehead atoms. The van der Waals surface area contributed by atoms with E-state index in [1.165, 1.54) is 4.90 Å². The molecule has 0 unspecified atom stereocenters. The number of thioether (sulfide) groups is 1. The van der Waals surface area contributed by atoms with Crippen LogP contribution in [0.2, 0.25) is 0 Å². The van der Waals surface area contributed by atoms with Crippen molar-refractivity contribution < 1.29 is 14.3 Å². The topological polar surface area (TPSA) is 74.7 Å². The summed E-state index contributed by atoms with van der Waals surface area (Å²) in [6.45, 7) is 0.195. The Labute approximate surface area is 151 Å². The van der Waals surface area contributed by atoms with Crippen molar-refractivity contribution >= 4 is 39.6 Å². The molecule has 1 aromatic carbocycles. The molecule has 0 aliphatic carbocycles. The van der Waals surface area contributed by atoms with Crippen molar-refractivity contribution in [2.24, 2.45) is 0 Å². The molecule has 24 heavy (non-hydrogen) atoms. The lowest BCUT2D eigenvalue weighted by molar-refractivity contribution is -0.128. The van der Waals surface area contributed by atoms with Crippen LogP contribution in [0.1, 0.15) is 17.9 Å². The number of rotatable bonds is 1. The van der Waals surface area contributed by atoms with Crippen LogP contribution in [0.4, 0.5) is 0 Å². The molecule has 0 aromatic heterocycles. The van der Waals surface area contributed by atoms with Gasteiger partial charge in [-0.1, -0.05) is 33.8 Å². The predicted molar refractivity (Wildman–Crippen MR) is 95.2 cm³/mol. The number of fused-ring (bicyclic) bond motifs is 1. The highest BCUT2D eigenvalue weighted by Gasteiger charge is 2.38. The fourth-order valence-electron chi connectivity index (χ4n) is 2.87. The molecule has 4 rings (SSSR count). The number of benzene rings is 1. The summed E-state index contributed by atoms with van der Waals surface area (Å²) in [7, 11) is 1.61. The largest absolute Gasteiger partial charge is 0.454 e. The maximum Gasteiger partial charge on any atom is 0.242 e. The summed E-state index contributed by atoms with van der Waals surface area (Å²) < 4.78 is 11.9. The van der Waals surface area contributed by atoms with Crippen molar-refractivity contribution in [3.63, 3.8) is 0 Å². The zero-order chi connectivity index (χ0) is 16.8. The molecule has 0 saturated carbocycles. The molecule has 8 heteroatoms. The Hall–Kier alpha value is -1.93. The van der Waals surface area contributed by atoms with E-state index >= 15 is 0 Å². The van der Waals surface area contributed by atoms with Gasteiger partial charge in [-0.2, -0.15) is 0 Å². The number of ether oxygens (including phenoxy) is 2. The third-order valence-electron chi connectivity index (χ3n) is 4.14. The Bertz CT molecular complexity index is 821. The lowest BCUT2D eigenvalue weighted by Gasteiger charge is -2.34. The van der Waals surface area contributed by atoms with Gasteiger partial charge in [-0.25, -0.2) is 0 Å². The molecule has 1 fully saturated rings. The third kappa shape index (κ3) is 2.50. The van der Waals surface area contributed by atoms with Crippen LogP contribution >= 0.6 is 27.7 Å². The molecule has 3 aliphatic heterocycles. The summed E-state index contributed by atoms with van der Waals surface area (Å²) in [6, 6.07) is 5.55. The number of guanidine groups is 1. The van der Waals surface area contributed by atoms with Crippen LogP contribution in [0.25, 0.3) is 0 Å². The van der Waals surface area contributed by atoms with Gasteiger partial charge in [-0.3, -0.25) is 15.1 Å². The van der Waals surface area contributed by atoms with Crippen molar-refractivity contribution in [1.29, 1.82) is 5.41 Å². The van der Waals surface area contributed by atoms with Gasteiger partial charge in [-0.05, 0) is 23.1 Å². The first-order valence-electron chi connectivity index (χ1n) is 7.31. The van der Waals surface area contributed by atoms with Crippen LogP contribution in [0, 0.1) is 5.41 Å². The SMILES string of the molecule is CN1C(=N)N/C(=C2\CC(Br)=CS2)[C@H](c2ccc3c(c2)OCO3)C1=O. The zero-order valence-corrected chi connectivity index (χ0v) is 15.2. The fraction of sp³-hybridized carbons (Fsp3) is 0.250. The van der Waals surface area contributed by atoms with Crippen molar-refractivity contribution in [2.75, 3.05) is 13.8 Å². The number of likely N-dealkylation sites (N-methyl/N-ethyl adjacent to an activating group) is 1. The molecule has 3 heterocycles. The van der Waals surface area contributed by atoms with E-state index in [1.807, 2.05) is 23.6 Å². The molecular formula is C16H14BrN3O3S. The van der Waals surface area contributed by atoms with E-state index in [4.69, 9.17) is 14.9 Å². The van der Waals surface area contributed by atoms with Crippen molar-refractivity contribution in [3.05, 3.63) is 44.3 Å². The van der Waals surface area contributed by atoms with Gasteiger partial charge in [0.15, 0.2) is 11.5 Å². The van der Waals surface area contributed by atoms with E-state index in [1.54, 1.807) is 18.8 Å². The summed E-state index contributed by atoms with van der Waals surface area (Å²) in [4.78, 5) is 15.3. The Morgan fingerprint density at radius 3 is 2.92 bits per heavy atom. The first-order chi connectivity index (χ1) is 11.5. The first-order valence-corrected chi connectivity index (χ1v) is 8.99.